The van der Waals surface area contributed by atoms with Crippen LogP contribution in [0.4, 0.5) is 0 Å². The van der Waals surface area contributed by atoms with Crippen molar-refractivity contribution < 1.29 is 14.2 Å². The van der Waals surface area contributed by atoms with E-state index in [-0.39, 0.29) is 18.3 Å². The monoisotopic (exact) mass is 231 g/mol. The van der Waals surface area contributed by atoms with Crippen molar-refractivity contribution in [2.45, 2.75) is 51.5 Å². The summed E-state index contributed by atoms with van der Waals surface area (Å²) in [6.45, 7) is 8.54. The maximum atomic E-state index is 5.88. The quantitative estimate of drug-likeness (QED) is 0.681. The van der Waals surface area contributed by atoms with Crippen molar-refractivity contribution in [1.29, 1.82) is 0 Å². The van der Waals surface area contributed by atoms with Crippen molar-refractivity contribution in [3.8, 4) is 0 Å². The predicted molar refractivity (Wildman–Crippen MR) is 63.7 cm³/mol. The van der Waals surface area contributed by atoms with Crippen molar-refractivity contribution in [3.63, 3.8) is 0 Å². The summed E-state index contributed by atoms with van der Waals surface area (Å²) in [6, 6.07) is 0.449. The Kier molecular flexibility index (Phi) is 6.28. The summed E-state index contributed by atoms with van der Waals surface area (Å²) in [6.07, 6.45) is 1.59. The minimum absolute atomic E-state index is 0.139. The third-order valence-electron chi connectivity index (χ3n) is 2.88. The van der Waals surface area contributed by atoms with E-state index in [0.29, 0.717) is 12.6 Å². The Labute approximate surface area is 98.6 Å². The molecule has 0 amide bonds. The number of methoxy groups -OCH3 is 1. The topological polar surface area (TPSA) is 39.7 Å². The molecule has 0 aromatic carbocycles. The molecule has 0 bridgehead atoms. The molecular formula is C12H25NO3. The molecule has 1 aliphatic rings. The van der Waals surface area contributed by atoms with Crippen LogP contribution in [0.15, 0.2) is 0 Å². The fourth-order valence-corrected chi connectivity index (χ4v) is 2.16. The lowest BCUT2D eigenvalue weighted by Gasteiger charge is -2.45. The summed E-state index contributed by atoms with van der Waals surface area (Å²) >= 11 is 0. The van der Waals surface area contributed by atoms with Crippen molar-refractivity contribution >= 4 is 0 Å². The van der Waals surface area contributed by atoms with Crippen molar-refractivity contribution in [3.05, 3.63) is 0 Å². The molecule has 96 valence electrons. The normalized spacial score (nSPS) is 31.1. The van der Waals surface area contributed by atoms with E-state index < -0.39 is 0 Å². The second-order valence-electron chi connectivity index (χ2n) is 4.26. The summed E-state index contributed by atoms with van der Waals surface area (Å²) in [7, 11) is 1.70. The maximum absolute atomic E-state index is 5.88. The first kappa shape index (κ1) is 13.9. The van der Waals surface area contributed by atoms with E-state index in [0.717, 1.165) is 19.6 Å². The molecule has 0 spiro atoms. The molecule has 1 fully saturated rings. The zero-order valence-electron chi connectivity index (χ0n) is 10.9. The lowest BCUT2D eigenvalue weighted by molar-refractivity contribution is -0.170. The zero-order valence-corrected chi connectivity index (χ0v) is 10.9. The van der Waals surface area contributed by atoms with Crippen LogP contribution in [0.1, 0.15) is 27.2 Å². The Hall–Kier alpha value is -0.160. The van der Waals surface area contributed by atoms with Gasteiger partial charge in [0.1, 0.15) is 0 Å². The molecule has 0 aliphatic heterocycles. The predicted octanol–water partition coefficient (Wildman–Crippen LogP) is 1.19. The Morgan fingerprint density at radius 3 is 2.69 bits per heavy atom. The van der Waals surface area contributed by atoms with Gasteiger partial charge in [-0.05, 0) is 26.8 Å². The molecule has 1 aliphatic carbocycles. The molecule has 1 saturated carbocycles. The van der Waals surface area contributed by atoms with Crippen molar-refractivity contribution in [2.75, 3.05) is 26.9 Å². The molecular weight excluding hydrogens is 206 g/mol. The number of nitrogens with one attached hydrogen (secondary N) is 1. The highest BCUT2D eigenvalue weighted by Gasteiger charge is 2.42. The minimum Gasteiger partial charge on any atom is -0.382 e. The highest BCUT2D eigenvalue weighted by Crippen LogP contribution is 2.28. The second-order valence-corrected chi connectivity index (χ2v) is 4.26. The van der Waals surface area contributed by atoms with Crippen LogP contribution < -0.4 is 5.32 Å². The molecule has 0 aromatic heterocycles. The molecule has 0 radical (unpaired) electrons. The number of likely N-dealkylation sites (N-methyl/N-ethyl adjacent to an activating group) is 1. The second kappa shape index (κ2) is 7.22. The molecule has 4 nitrogen and oxygen atoms in total. The minimum atomic E-state index is 0.139. The van der Waals surface area contributed by atoms with Gasteiger partial charge in [0.05, 0.1) is 24.9 Å². The van der Waals surface area contributed by atoms with E-state index in [1.54, 1.807) is 7.11 Å². The lowest BCUT2D eigenvalue weighted by atomic mass is 9.85. The van der Waals surface area contributed by atoms with Crippen LogP contribution in [0.5, 0.6) is 0 Å². The van der Waals surface area contributed by atoms with E-state index in [1.807, 2.05) is 13.8 Å². The first-order chi connectivity index (χ1) is 7.72. The first-order valence-electron chi connectivity index (χ1n) is 6.22. The third kappa shape index (κ3) is 3.70. The lowest BCUT2D eigenvalue weighted by Crippen LogP contribution is -2.60. The van der Waals surface area contributed by atoms with E-state index >= 15 is 0 Å². The smallest absolute Gasteiger partial charge is 0.0990 e. The van der Waals surface area contributed by atoms with Gasteiger partial charge in [0.15, 0.2) is 0 Å². The summed E-state index contributed by atoms with van der Waals surface area (Å²) in [5.74, 6) is 0. The highest BCUT2D eigenvalue weighted by atomic mass is 16.6. The Morgan fingerprint density at radius 1 is 1.38 bits per heavy atom. The SMILES string of the molecule is CCNC1CC(OC(C)COC)C1OCC. The third-order valence-corrected chi connectivity index (χ3v) is 2.88. The molecule has 4 atom stereocenters. The van der Waals surface area contributed by atoms with Crippen LogP contribution in [-0.4, -0.2) is 51.2 Å². The molecule has 1 rings (SSSR count). The molecule has 4 unspecified atom stereocenters. The van der Waals surface area contributed by atoms with Gasteiger partial charge in [0.25, 0.3) is 0 Å². The maximum Gasteiger partial charge on any atom is 0.0990 e. The largest absolute Gasteiger partial charge is 0.382 e. The van der Waals surface area contributed by atoms with Crippen molar-refractivity contribution in [2.24, 2.45) is 0 Å². The first-order valence-corrected chi connectivity index (χ1v) is 6.22. The molecule has 16 heavy (non-hydrogen) atoms. The Morgan fingerprint density at radius 2 is 2.12 bits per heavy atom. The highest BCUT2D eigenvalue weighted by molar-refractivity contribution is 4.97. The van der Waals surface area contributed by atoms with Gasteiger partial charge < -0.3 is 19.5 Å². The summed E-state index contributed by atoms with van der Waals surface area (Å²) in [5.41, 5.74) is 0. The zero-order chi connectivity index (χ0) is 12.0. The summed E-state index contributed by atoms with van der Waals surface area (Å²) in [5, 5.41) is 3.42. The Balaban J connectivity index is 2.31. The summed E-state index contributed by atoms with van der Waals surface area (Å²) < 4.78 is 16.6. The standard InChI is InChI=1S/C12H25NO3/c1-5-13-10-7-11(12(10)15-6-2)16-9(3)8-14-4/h9-13H,5-8H2,1-4H3. The van der Waals surface area contributed by atoms with Crippen molar-refractivity contribution in [1.82, 2.24) is 5.32 Å². The van der Waals surface area contributed by atoms with Crippen LogP contribution in [0.25, 0.3) is 0 Å². The van der Waals surface area contributed by atoms with E-state index in [1.165, 1.54) is 0 Å². The van der Waals surface area contributed by atoms with Gasteiger partial charge in [-0.1, -0.05) is 6.92 Å². The molecule has 4 heteroatoms. The number of ether oxygens (including phenoxy) is 3. The average molecular weight is 231 g/mol. The number of rotatable bonds is 8. The Bertz CT molecular complexity index is 189. The van der Waals surface area contributed by atoms with Gasteiger partial charge in [-0.25, -0.2) is 0 Å². The van der Waals surface area contributed by atoms with E-state index in [9.17, 15) is 0 Å². The van der Waals surface area contributed by atoms with Gasteiger partial charge in [0, 0.05) is 19.8 Å². The number of hydrogen-bond donors (Lipinski definition) is 1. The van der Waals surface area contributed by atoms with Crippen LogP contribution in [-0.2, 0) is 14.2 Å². The number of hydrogen-bond acceptors (Lipinski definition) is 4. The molecule has 0 saturated heterocycles. The summed E-state index contributed by atoms with van der Waals surface area (Å²) in [4.78, 5) is 0. The van der Waals surface area contributed by atoms with Gasteiger partial charge >= 0.3 is 0 Å². The molecule has 0 aromatic rings. The van der Waals surface area contributed by atoms with Crippen LogP contribution >= 0.6 is 0 Å². The van der Waals surface area contributed by atoms with Crippen LogP contribution in [0, 0.1) is 0 Å². The van der Waals surface area contributed by atoms with Crippen LogP contribution in [0.2, 0.25) is 0 Å². The van der Waals surface area contributed by atoms with Gasteiger partial charge in [0.2, 0.25) is 0 Å². The fourth-order valence-electron chi connectivity index (χ4n) is 2.16. The van der Waals surface area contributed by atoms with E-state index in [2.05, 4.69) is 12.2 Å². The fraction of sp³-hybridized carbons (Fsp3) is 1.00. The molecule has 0 heterocycles. The van der Waals surface area contributed by atoms with E-state index in [4.69, 9.17) is 14.2 Å². The van der Waals surface area contributed by atoms with Gasteiger partial charge in [-0.15, -0.1) is 0 Å². The average Bonchev–Trinajstić information content (AvgIpc) is 2.25. The van der Waals surface area contributed by atoms with Gasteiger partial charge in [-0.3, -0.25) is 0 Å². The van der Waals surface area contributed by atoms with Gasteiger partial charge in [-0.2, -0.15) is 0 Å². The molecule has 1 N–H and O–H groups in total. The van der Waals surface area contributed by atoms with Crippen LogP contribution in [0.3, 0.4) is 0 Å².